The maximum absolute atomic E-state index is 14.5. The second kappa shape index (κ2) is 12.6. The van der Waals surface area contributed by atoms with Crippen molar-refractivity contribution in [2.45, 2.75) is 67.5 Å². The van der Waals surface area contributed by atoms with E-state index in [9.17, 15) is 19.5 Å². The number of carbonyl (C=O) groups is 3. The molecule has 0 aromatic heterocycles. The molecule has 3 heterocycles. The van der Waals surface area contributed by atoms with Crippen LogP contribution in [0.5, 0.6) is 5.75 Å². The van der Waals surface area contributed by atoms with Gasteiger partial charge in [0.1, 0.15) is 11.8 Å². The van der Waals surface area contributed by atoms with E-state index in [1.807, 2.05) is 25.1 Å². The van der Waals surface area contributed by atoms with E-state index in [-0.39, 0.29) is 36.2 Å². The Kier molecular flexibility index (Phi) is 9.43. The number of allylic oxidation sites excluding steroid dienone is 1. The third-order valence-electron chi connectivity index (χ3n) is 8.33. The van der Waals surface area contributed by atoms with Crippen LogP contribution in [0.2, 0.25) is 0 Å². The summed E-state index contributed by atoms with van der Waals surface area (Å²) in [5.74, 6) is -1.39. The van der Waals surface area contributed by atoms with Gasteiger partial charge in [0.15, 0.2) is 0 Å². The van der Waals surface area contributed by atoms with Crippen molar-refractivity contribution in [3.05, 3.63) is 49.6 Å². The van der Waals surface area contributed by atoms with Crippen molar-refractivity contribution in [2.24, 2.45) is 11.8 Å². The minimum atomic E-state index is -0.811. The van der Waals surface area contributed by atoms with Crippen LogP contribution in [0.15, 0.2) is 49.6 Å². The summed E-state index contributed by atoms with van der Waals surface area (Å²) in [4.78, 5) is 45.2. The molecule has 8 nitrogen and oxygen atoms in total. The van der Waals surface area contributed by atoms with E-state index in [1.165, 1.54) is 0 Å². The van der Waals surface area contributed by atoms with Crippen molar-refractivity contribution in [1.29, 1.82) is 0 Å². The lowest BCUT2D eigenvalue weighted by Crippen LogP contribution is -2.57. The Morgan fingerprint density at radius 2 is 2.00 bits per heavy atom. The quantitative estimate of drug-likeness (QED) is 0.210. The lowest BCUT2D eigenvalue weighted by molar-refractivity contribution is -0.154. The first-order valence-electron chi connectivity index (χ1n) is 13.8. The van der Waals surface area contributed by atoms with Crippen molar-refractivity contribution in [3.8, 4) is 5.75 Å². The number of aliphatic hydroxyl groups excluding tert-OH is 1. The van der Waals surface area contributed by atoms with Crippen molar-refractivity contribution in [3.63, 3.8) is 0 Å². The van der Waals surface area contributed by atoms with E-state index in [2.05, 4.69) is 13.2 Å². The number of benzene rings is 1. The fourth-order valence-corrected chi connectivity index (χ4v) is 8.65. The lowest BCUT2D eigenvalue weighted by Gasteiger charge is -2.39. The van der Waals surface area contributed by atoms with Gasteiger partial charge in [-0.1, -0.05) is 19.1 Å². The van der Waals surface area contributed by atoms with Gasteiger partial charge in [0.2, 0.25) is 5.91 Å². The predicted molar refractivity (Wildman–Crippen MR) is 153 cm³/mol. The van der Waals surface area contributed by atoms with Gasteiger partial charge in [0, 0.05) is 17.5 Å². The van der Waals surface area contributed by atoms with Crippen LogP contribution < -0.4 is 9.64 Å². The third-order valence-corrected chi connectivity index (χ3v) is 10.3. The number of anilines is 1. The molecule has 6 atom stereocenters. The highest BCUT2D eigenvalue weighted by Crippen LogP contribution is 2.67. The van der Waals surface area contributed by atoms with E-state index in [0.29, 0.717) is 30.9 Å². The number of fused-ring (bicyclic) bond motifs is 1. The van der Waals surface area contributed by atoms with Gasteiger partial charge in [-0.3, -0.25) is 14.4 Å². The minimum absolute atomic E-state index is 0.0693. The first-order valence-corrected chi connectivity index (χ1v) is 14.7. The molecule has 3 aliphatic heterocycles. The SMILES string of the molecule is C=CCCCCOC(=O)[C@@H]1[C@H]2C(=O)N([C@@H](CC)CO)C(C(=O)N(CC=C)c3ccc(OC)cc3)C23CC[C@H]1S3. The summed E-state index contributed by atoms with van der Waals surface area (Å²) in [5, 5.41) is 10.2. The molecule has 1 aromatic carbocycles. The maximum atomic E-state index is 14.5. The van der Waals surface area contributed by atoms with Crippen LogP contribution in [-0.4, -0.2) is 76.7 Å². The third kappa shape index (κ3) is 5.23. The minimum Gasteiger partial charge on any atom is -0.497 e. The topological polar surface area (TPSA) is 96.4 Å². The highest BCUT2D eigenvalue weighted by molar-refractivity contribution is 8.02. The van der Waals surface area contributed by atoms with Crippen molar-refractivity contribution in [2.75, 3.05) is 31.8 Å². The molecule has 3 fully saturated rings. The summed E-state index contributed by atoms with van der Waals surface area (Å²) < 4.78 is 10.2. The first-order chi connectivity index (χ1) is 18.9. The molecule has 2 bridgehead atoms. The Hall–Kier alpha value is -2.78. The van der Waals surface area contributed by atoms with Gasteiger partial charge in [-0.2, -0.15) is 0 Å². The van der Waals surface area contributed by atoms with Gasteiger partial charge < -0.3 is 24.4 Å². The van der Waals surface area contributed by atoms with Crippen LogP contribution in [0.1, 0.15) is 45.4 Å². The zero-order valence-corrected chi connectivity index (χ0v) is 23.7. The summed E-state index contributed by atoms with van der Waals surface area (Å²) in [6, 6.07) is 5.86. The van der Waals surface area contributed by atoms with E-state index >= 15 is 0 Å². The number of rotatable bonds is 14. The normalized spacial score (nSPS) is 27.7. The summed E-state index contributed by atoms with van der Waals surface area (Å²) >= 11 is 1.60. The molecule has 0 radical (unpaired) electrons. The number of esters is 1. The lowest BCUT2D eigenvalue weighted by atomic mass is 9.71. The predicted octanol–water partition coefficient (Wildman–Crippen LogP) is 3.98. The number of hydrogen-bond donors (Lipinski definition) is 1. The van der Waals surface area contributed by atoms with Gasteiger partial charge in [0.25, 0.3) is 5.91 Å². The molecular formula is C30H40N2O6S. The monoisotopic (exact) mass is 556 g/mol. The Morgan fingerprint density at radius 1 is 1.26 bits per heavy atom. The van der Waals surface area contributed by atoms with E-state index in [0.717, 1.165) is 25.7 Å². The standard InChI is InChI=1S/C30H40N2O6S/c1-5-8-9-10-18-38-29(36)24-23-15-16-30(39-23)25(24)27(34)32(20(7-3)19-33)26(30)28(35)31(17-6-2)21-11-13-22(37-4)14-12-21/h5-6,11-14,20,23-26,33H,1-2,7-10,15-19H2,3-4H3/t20-,23+,24-,25-,26?,30?/m0/s1. The summed E-state index contributed by atoms with van der Waals surface area (Å²) in [7, 11) is 1.58. The number of likely N-dealkylation sites (tertiary alicyclic amines) is 1. The maximum Gasteiger partial charge on any atom is 0.310 e. The fraction of sp³-hybridized carbons (Fsp3) is 0.567. The molecule has 1 aromatic rings. The van der Waals surface area contributed by atoms with Gasteiger partial charge in [-0.25, -0.2) is 0 Å². The van der Waals surface area contributed by atoms with Gasteiger partial charge >= 0.3 is 5.97 Å². The largest absolute Gasteiger partial charge is 0.497 e. The van der Waals surface area contributed by atoms with Crippen LogP contribution in [0.25, 0.3) is 0 Å². The van der Waals surface area contributed by atoms with Gasteiger partial charge in [0.05, 0.1) is 42.9 Å². The molecule has 1 spiro atoms. The van der Waals surface area contributed by atoms with E-state index in [4.69, 9.17) is 9.47 Å². The Balaban J connectivity index is 1.68. The Morgan fingerprint density at radius 3 is 2.62 bits per heavy atom. The van der Waals surface area contributed by atoms with E-state index < -0.39 is 28.7 Å². The van der Waals surface area contributed by atoms with Crippen molar-refractivity contribution < 1.29 is 29.0 Å². The number of unbranched alkanes of at least 4 members (excludes halogenated alkanes) is 2. The number of hydrogen-bond acceptors (Lipinski definition) is 7. The number of carbonyl (C=O) groups excluding carboxylic acids is 3. The number of nitrogens with zero attached hydrogens (tertiary/aromatic N) is 2. The second-order valence-electron chi connectivity index (χ2n) is 10.4. The highest BCUT2D eigenvalue weighted by atomic mass is 32.2. The zero-order valence-electron chi connectivity index (χ0n) is 22.9. The van der Waals surface area contributed by atoms with Gasteiger partial charge in [-0.05, 0) is 62.8 Å². The highest BCUT2D eigenvalue weighted by Gasteiger charge is 2.74. The first kappa shape index (κ1) is 29.2. The molecule has 0 aliphatic carbocycles. The molecule has 2 amide bonds. The Bertz CT molecular complexity index is 1070. The zero-order chi connectivity index (χ0) is 28.2. The van der Waals surface area contributed by atoms with E-state index in [1.54, 1.807) is 46.9 Å². The fourth-order valence-electron chi connectivity index (χ4n) is 6.47. The number of methoxy groups -OCH3 is 1. The molecule has 2 unspecified atom stereocenters. The smallest absolute Gasteiger partial charge is 0.310 e. The average Bonchev–Trinajstić information content (AvgIpc) is 3.60. The second-order valence-corrected chi connectivity index (χ2v) is 12.0. The number of aliphatic hydroxyl groups is 1. The van der Waals surface area contributed by atoms with Crippen molar-refractivity contribution in [1.82, 2.24) is 4.90 Å². The molecular weight excluding hydrogens is 516 g/mol. The molecule has 39 heavy (non-hydrogen) atoms. The summed E-state index contributed by atoms with van der Waals surface area (Å²) in [6.07, 6.45) is 7.86. The van der Waals surface area contributed by atoms with Crippen LogP contribution in [0.4, 0.5) is 5.69 Å². The van der Waals surface area contributed by atoms with Crippen LogP contribution in [-0.2, 0) is 19.1 Å². The molecule has 3 aliphatic rings. The number of amides is 2. The molecule has 1 N–H and O–H groups in total. The summed E-state index contributed by atoms with van der Waals surface area (Å²) in [6.45, 7) is 9.77. The average molecular weight is 557 g/mol. The molecule has 9 heteroatoms. The number of ether oxygens (including phenoxy) is 2. The van der Waals surface area contributed by atoms with Gasteiger partial charge in [-0.15, -0.1) is 24.9 Å². The molecule has 0 saturated carbocycles. The number of thioether (sulfide) groups is 1. The molecule has 212 valence electrons. The Labute approximate surface area is 235 Å². The van der Waals surface area contributed by atoms with Crippen LogP contribution >= 0.6 is 11.8 Å². The van der Waals surface area contributed by atoms with Crippen LogP contribution in [0.3, 0.4) is 0 Å². The molecule has 4 rings (SSSR count). The molecule has 3 saturated heterocycles. The van der Waals surface area contributed by atoms with Crippen molar-refractivity contribution >= 4 is 35.2 Å². The van der Waals surface area contributed by atoms with Crippen LogP contribution in [0, 0.1) is 11.8 Å². The summed E-state index contributed by atoms with van der Waals surface area (Å²) in [5.41, 5.74) is 0.665.